The van der Waals surface area contributed by atoms with Gasteiger partial charge in [0.2, 0.25) is 0 Å². The molecular formula is C23H32BrNO3. The largest absolute Gasteiger partial charge is 0.390 e. The van der Waals surface area contributed by atoms with E-state index in [9.17, 15) is 10.2 Å². The molecule has 2 atom stereocenters. The fraction of sp³-hybridized carbons (Fsp3) is 0.478. The Morgan fingerprint density at radius 3 is 2.18 bits per heavy atom. The van der Waals surface area contributed by atoms with Gasteiger partial charge in [0.25, 0.3) is 0 Å². The third-order valence-electron chi connectivity index (χ3n) is 5.04. The molecular weight excluding hydrogens is 418 g/mol. The summed E-state index contributed by atoms with van der Waals surface area (Å²) in [5.74, 6) is 0. The molecule has 4 nitrogen and oxygen atoms in total. The highest BCUT2D eigenvalue weighted by Gasteiger charge is 2.35. The first-order chi connectivity index (χ1) is 13.1. The number of methoxy groups -OCH3 is 1. The lowest BCUT2D eigenvalue weighted by atomic mass is 9.81. The number of ether oxygens (including phenoxy) is 1. The summed E-state index contributed by atoms with van der Waals surface area (Å²) in [4.78, 5) is 2.20. The molecule has 0 aliphatic heterocycles. The number of aliphatic hydroxyl groups is 2. The highest BCUT2D eigenvalue weighted by atomic mass is 79.9. The van der Waals surface area contributed by atoms with E-state index in [1.165, 1.54) is 5.56 Å². The number of rotatable bonds is 10. The van der Waals surface area contributed by atoms with Crippen LogP contribution in [0.3, 0.4) is 0 Å². The first-order valence-corrected chi connectivity index (χ1v) is 10.4. The summed E-state index contributed by atoms with van der Waals surface area (Å²) in [6.45, 7) is 6.70. The second-order valence-electron chi connectivity index (χ2n) is 8.09. The van der Waals surface area contributed by atoms with Crippen molar-refractivity contribution in [1.82, 2.24) is 4.90 Å². The molecule has 0 aromatic heterocycles. The van der Waals surface area contributed by atoms with Gasteiger partial charge in [0.05, 0.1) is 17.9 Å². The monoisotopic (exact) mass is 449 g/mol. The van der Waals surface area contributed by atoms with Gasteiger partial charge >= 0.3 is 0 Å². The van der Waals surface area contributed by atoms with Crippen LogP contribution in [0.4, 0.5) is 0 Å². The topological polar surface area (TPSA) is 52.9 Å². The van der Waals surface area contributed by atoms with Crippen molar-refractivity contribution in [1.29, 1.82) is 0 Å². The molecule has 0 bridgehead atoms. The molecule has 0 fully saturated rings. The Morgan fingerprint density at radius 1 is 1.04 bits per heavy atom. The van der Waals surface area contributed by atoms with Gasteiger partial charge < -0.3 is 14.9 Å². The van der Waals surface area contributed by atoms with E-state index in [1.54, 1.807) is 21.0 Å². The molecule has 2 aromatic rings. The molecule has 0 heterocycles. The first-order valence-electron chi connectivity index (χ1n) is 9.63. The average molecular weight is 450 g/mol. The van der Waals surface area contributed by atoms with Gasteiger partial charge in [-0.1, -0.05) is 58.4 Å². The van der Waals surface area contributed by atoms with E-state index < -0.39 is 11.2 Å². The molecule has 0 aliphatic carbocycles. The highest BCUT2D eigenvalue weighted by molar-refractivity contribution is 9.10. The first kappa shape index (κ1) is 23.0. The summed E-state index contributed by atoms with van der Waals surface area (Å²) in [6, 6.07) is 18.0. The number of nitrogens with zero attached hydrogens (tertiary/aromatic N) is 1. The van der Waals surface area contributed by atoms with Crippen molar-refractivity contribution in [3.05, 3.63) is 70.2 Å². The van der Waals surface area contributed by atoms with Crippen LogP contribution in [0.25, 0.3) is 0 Å². The lowest BCUT2D eigenvalue weighted by Crippen LogP contribution is -2.40. The Bertz CT molecular complexity index is 715. The predicted octanol–water partition coefficient (Wildman–Crippen LogP) is 4.85. The van der Waals surface area contributed by atoms with Crippen molar-refractivity contribution in [2.24, 2.45) is 0 Å². The van der Waals surface area contributed by atoms with Crippen LogP contribution in [0, 0.1) is 0 Å². The minimum absolute atomic E-state index is 0.134. The minimum atomic E-state index is -1.12. The molecule has 28 heavy (non-hydrogen) atoms. The van der Waals surface area contributed by atoms with Crippen molar-refractivity contribution in [3.8, 4) is 0 Å². The molecule has 0 amide bonds. The van der Waals surface area contributed by atoms with Gasteiger partial charge in [0.1, 0.15) is 0 Å². The summed E-state index contributed by atoms with van der Waals surface area (Å²) in [6.07, 6.45) is 0.753. The summed E-state index contributed by atoms with van der Waals surface area (Å²) >= 11 is 3.48. The third kappa shape index (κ3) is 6.68. The molecule has 0 saturated heterocycles. The number of benzene rings is 2. The van der Waals surface area contributed by atoms with E-state index in [4.69, 9.17) is 4.74 Å². The maximum Gasteiger partial charge on any atom is 0.0991 e. The molecule has 2 aromatic carbocycles. The number of hydrogen-bond donors (Lipinski definition) is 2. The SMILES string of the molecule is COCN(CCC(O)(CC(C)(C)O)c1ccccc1)C(C)c1ccc(Br)cc1. The minimum Gasteiger partial charge on any atom is -0.390 e. The smallest absolute Gasteiger partial charge is 0.0991 e. The fourth-order valence-electron chi connectivity index (χ4n) is 3.62. The molecule has 2 N–H and O–H groups in total. The maximum atomic E-state index is 11.5. The summed E-state index contributed by atoms with van der Waals surface area (Å²) in [5.41, 5.74) is -0.0874. The Hall–Kier alpha value is -1.24. The van der Waals surface area contributed by atoms with E-state index >= 15 is 0 Å². The van der Waals surface area contributed by atoms with Crippen LogP contribution in [-0.2, 0) is 10.3 Å². The van der Waals surface area contributed by atoms with Crippen molar-refractivity contribution in [2.75, 3.05) is 20.4 Å². The summed E-state index contributed by atoms with van der Waals surface area (Å²) < 4.78 is 6.47. The van der Waals surface area contributed by atoms with Crippen molar-refractivity contribution >= 4 is 15.9 Å². The van der Waals surface area contributed by atoms with Gasteiger partial charge in [0.15, 0.2) is 0 Å². The van der Waals surface area contributed by atoms with Gasteiger partial charge in [-0.25, -0.2) is 0 Å². The van der Waals surface area contributed by atoms with Gasteiger partial charge in [-0.3, -0.25) is 4.90 Å². The van der Waals surface area contributed by atoms with Crippen LogP contribution in [0.2, 0.25) is 0 Å². The predicted molar refractivity (Wildman–Crippen MR) is 117 cm³/mol. The van der Waals surface area contributed by atoms with Gasteiger partial charge in [-0.2, -0.15) is 0 Å². The average Bonchev–Trinajstić information content (AvgIpc) is 2.64. The van der Waals surface area contributed by atoms with Crippen molar-refractivity contribution in [3.63, 3.8) is 0 Å². The Labute approximate surface area is 177 Å². The van der Waals surface area contributed by atoms with Crippen LogP contribution in [0.1, 0.15) is 50.8 Å². The van der Waals surface area contributed by atoms with Gasteiger partial charge in [-0.15, -0.1) is 0 Å². The summed E-state index contributed by atoms with van der Waals surface area (Å²) in [7, 11) is 1.68. The Morgan fingerprint density at radius 2 is 1.64 bits per heavy atom. The quantitative estimate of drug-likeness (QED) is 0.508. The van der Waals surface area contributed by atoms with E-state index in [0.717, 1.165) is 10.0 Å². The Kier molecular flexibility index (Phi) is 8.22. The van der Waals surface area contributed by atoms with E-state index in [1.807, 2.05) is 42.5 Å². The highest BCUT2D eigenvalue weighted by Crippen LogP contribution is 2.35. The fourth-order valence-corrected chi connectivity index (χ4v) is 3.88. The molecule has 154 valence electrons. The molecule has 5 heteroatoms. The lowest BCUT2D eigenvalue weighted by molar-refractivity contribution is -0.0670. The lowest BCUT2D eigenvalue weighted by Gasteiger charge is -2.37. The molecule has 0 aliphatic rings. The third-order valence-corrected chi connectivity index (χ3v) is 5.57. The molecule has 0 saturated carbocycles. The maximum absolute atomic E-state index is 11.5. The van der Waals surface area contributed by atoms with Crippen LogP contribution in [0.5, 0.6) is 0 Å². The van der Waals surface area contributed by atoms with E-state index in [-0.39, 0.29) is 12.5 Å². The van der Waals surface area contributed by atoms with Crippen LogP contribution in [0.15, 0.2) is 59.1 Å². The molecule has 0 radical (unpaired) electrons. The van der Waals surface area contributed by atoms with Crippen LogP contribution < -0.4 is 0 Å². The second-order valence-corrected chi connectivity index (χ2v) is 9.01. The van der Waals surface area contributed by atoms with Gasteiger partial charge in [-0.05, 0) is 50.5 Å². The van der Waals surface area contributed by atoms with Crippen LogP contribution in [-0.4, -0.2) is 41.1 Å². The number of halogens is 1. The van der Waals surface area contributed by atoms with E-state index in [0.29, 0.717) is 19.7 Å². The van der Waals surface area contributed by atoms with Crippen molar-refractivity contribution in [2.45, 2.75) is 50.9 Å². The second kappa shape index (κ2) is 9.99. The normalized spacial score (nSPS) is 15.4. The van der Waals surface area contributed by atoms with Crippen LogP contribution >= 0.6 is 15.9 Å². The van der Waals surface area contributed by atoms with Gasteiger partial charge in [0, 0.05) is 30.6 Å². The zero-order valence-corrected chi connectivity index (χ0v) is 18.8. The number of hydrogen-bond acceptors (Lipinski definition) is 4. The zero-order chi connectivity index (χ0) is 20.8. The summed E-state index contributed by atoms with van der Waals surface area (Å²) in [5, 5.41) is 21.9. The molecule has 0 spiro atoms. The van der Waals surface area contributed by atoms with E-state index in [2.05, 4.69) is 39.9 Å². The van der Waals surface area contributed by atoms with Crippen molar-refractivity contribution < 1.29 is 14.9 Å². The molecule has 2 rings (SSSR count). The zero-order valence-electron chi connectivity index (χ0n) is 17.2. The molecule has 2 unspecified atom stereocenters. The Balaban J connectivity index is 2.20. The standard InChI is InChI=1S/C23H32BrNO3/c1-18(19-10-12-21(24)13-11-19)25(17-28-4)15-14-23(27,16-22(2,3)26)20-8-6-5-7-9-20/h5-13,18,26-27H,14-17H2,1-4H3.